The molecule has 0 saturated carbocycles. The van der Waals surface area contributed by atoms with Crippen LogP contribution < -0.4 is 0 Å². The van der Waals surface area contributed by atoms with Gasteiger partial charge >= 0.3 is 0 Å². The Kier molecular flexibility index (Phi) is 5.43. The van der Waals surface area contributed by atoms with Gasteiger partial charge in [0.25, 0.3) is 0 Å². The van der Waals surface area contributed by atoms with Crippen LogP contribution in [0.25, 0.3) is 0 Å². The molecule has 0 aliphatic carbocycles. The number of ether oxygens (including phenoxy) is 1. The van der Waals surface area contributed by atoms with Gasteiger partial charge in [-0.2, -0.15) is 5.10 Å². The lowest BCUT2D eigenvalue weighted by atomic mass is 10.3. The molecule has 1 rings (SSSR count). The zero-order valence-corrected chi connectivity index (χ0v) is 10.6. The minimum atomic E-state index is 0.379. The van der Waals surface area contributed by atoms with Gasteiger partial charge in [0.15, 0.2) is 0 Å². The Bertz CT molecular complexity index is 313. The van der Waals surface area contributed by atoms with Crippen LogP contribution in [0, 0.1) is 0 Å². The maximum atomic E-state index is 6.16. The van der Waals surface area contributed by atoms with Gasteiger partial charge in [-0.1, -0.05) is 24.9 Å². The Balaban J connectivity index is 2.87. The summed E-state index contributed by atoms with van der Waals surface area (Å²) in [6.07, 6.45) is 2.18. The van der Waals surface area contributed by atoms with E-state index in [1.807, 2.05) is 0 Å². The summed E-state index contributed by atoms with van der Waals surface area (Å²) in [6, 6.07) is 0. The molecule has 0 unspecified atom stereocenters. The van der Waals surface area contributed by atoms with Crippen LogP contribution in [-0.4, -0.2) is 16.9 Å². The highest BCUT2D eigenvalue weighted by Gasteiger charge is 2.14. The van der Waals surface area contributed by atoms with Gasteiger partial charge in [-0.15, -0.1) is 11.6 Å². The van der Waals surface area contributed by atoms with Crippen molar-refractivity contribution in [3.05, 3.63) is 16.4 Å². The van der Waals surface area contributed by atoms with Crippen LogP contribution in [-0.2, 0) is 23.8 Å². The first kappa shape index (κ1) is 12.8. The van der Waals surface area contributed by atoms with E-state index in [0.29, 0.717) is 17.6 Å². The van der Waals surface area contributed by atoms with Crippen molar-refractivity contribution in [1.29, 1.82) is 0 Å². The summed E-state index contributed by atoms with van der Waals surface area (Å²) >= 11 is 12.0. The summed E-state index contributed by atoms with van der Waals surface area (Å²) < 4.78 is 6.85. The molecule has 0 aromatic carbocycles. The predicted octanol–water partition coefficient (Wildman–Crippen LogP) is 3.22. The van der Waals surface area contributed by atoms with Crippen LogP contribution in [0.5, 0.6) is 0 Å². The summed E-state index contributed by atoms with van der Waals surface area (Å²) in [5.74, 6) is 0.379. The van der Waals surface area contributed by atoms with Crippen molar-refractivity contribution in [2.24, 2.45) is 0 Å². The van der Waals surface area contributed by atoms with Gasteiger partial charge in [0.2, 0.25) is 0 Å². The van der Waals surface area contributed by atoms with Crippen molar-refractivity contribution in [3.63, 3.8) is 0 Å². The Hall–Kier alpha value is -0.250. The van der Waals surface area contributed by atoms with E-state index < -0.39 is 0 Å². The molecule has 1 aromatic rings. The number of unbranched alkanes of at least 4 members (excludes halogenated alkanes) is 1. The molecular weight excluding hydrogens is 235 g/mol. The molecule has 15 heavy (non-hydrogen) atoms. The largest absolute Gasteiger partial charge is 0.378 e. The van der Waals surface area contributed by atoms with Crippen LogP contribution in [0.2, 0.25) is 5.15 Å². The van der Waals surface area contributed by atoms with Gasteiger partial charge < -0.3 is 4.74 Å². The quantitative estimate of drug-likeness (QED) is 0.726. The first-order valence-electron chi connectivity index (χ1n) is 5.03. The standard InChI is InChI=1S/C10H16Cl2N2O/c1-3-4-5-14-10(12)8(6-11)9(13-14)7-15-2/h3-7H2,1-2H3. The third kappa shape index (κ3) is 3.10. The topological polar surface area (TPSA) is 27.1 Å². The molecule has 0 amide bonds. The zero-order chi connectivity index (χ0) is 11.3. The maximum absolute atomic E-state index is 6.16. The van der Waals surface area contributed by atoms with Crippen molar-refractivity contribution in [2.45, 2.75) is 38.8 Å². The molecule has 0 bridgehead atoms. The lowest BCUT2D eigenvalue weighted by Crippen LogP contribution is -2.00. The molecule has 0 N–H and O–H groups in total. The molecule has 5 heteroatoms. The summed E-state index contributed by atoms with van der Waals surface area (Å²) in [6.45, 7) is 3.43. The highest BCUT2D eigenvalue weighted by molar-refractivity contribution is 6.31. The third-order valence-electron chi connectivity index (χ3n) is 2.20. The number of aryl methyl sites for hydroxylation is 1. The van der Waals surface area contributed by atoms with E-state index in [0.717, 1.165) is 30.6 Å². The maximum Gasteiger partial charge on any atom is 0.131 e. The molecule has 0 aliphatic heterocycles. The number of hydrogen-bond donors (Lipinski definition) is 0. The first-order valence-corrected chi connectivity index (χ1v) is 5.94. The van der Waals surface area contributed by atoms with E-state index in [-0.39, 0.29) is 0 Å². The second-order valence-electron chi connectivity index (χ2n) is 3.36. The van der Waals surface area contributed by atoms with Crippen LogP contribution in [0.3, 0.4) is 0 Å². The van der Waals surface area contributed by atoms with E-state index >= 15 is 0 Å². The SMILES string of the molecule is CCCCn1nc(COC)c(CCl)c1Cl. The lowest BCUT2D eigenvalue weighted by Gasteiger charge is -2.00. The molecule has 3 nitrogen and oxygen atoms in total. The number of hydrogen-bond acceptors (Lipinski definition) is 2. The monoisotopic (exact) mass is 250 g/mol. The predicted molar refractivity (Wildman–Crippen MR) is 62.4 cm³/mol. The van der Waals surface area contributed by atoms with Gasteiger partial charge in [0.1, 0.15) is 5.15 Å². The summed E-state index contributed by atoms with van der Waals surface area (Å²) in [7, 11) is 1.64. The number of halogens is 2. The number of nitrogens with zero attached hydrogens (tertiary/aromatic N) is 2. The van der Waals surface area contributed by atoms with Gasteiger partial charge in [-0.25, -0.2) is 0 Å². The number of alkyl halides is 1. The van der Waals surface area contributed by atoms with Crippen molar-refractivity contribution < 1.29 is 4.74 Å². The number of rotatable bonds is 6. The second kappa shape index (κ2) is 6.36. The zero-order valence-electron chi connectivity index (χ0n) is 9.09. The molecular formula is C10H16Cl2N2O. The summed E-state index contributed by atoms with van der Waals surface area (Å²) in [5.41, 5.74) is 1.73. The Morgan fingerprint density at radius 2 is 2.20 bits per heavy atom. The fraction of sp³-hybridized carbons (Fsp3) is 0.700. The summed E-state index contributed by atoms with van der Waals surface area (Å²) in [4.78, 5) is 0. The Morgan fingerprint density at radius 1 is 1.47 bits per heavy atom. The number of methoxy groups -OCH3 is 1. The van der Waals surface area contributed by atoms with Crippen LogP contribution >= 0.6 is 23.2 Å². The Labute approximate surface area is 100 Å². The van der Waals surface area contributed by atoms with E-state index in [2.05, 4.69) is 12.0 Å². The van der Waals surface area contributed by atoms with Gasteiger partial charge in [0.05, 0.1) is 18.2 Å². The molecule has 0 atom stereocenters. The van der Waals surface area contributed by atoms with Crippen molar-refractivity contribution in [1.82, 2.24) is 9.78 Å². The average Bonchev–Trinajstić information content (AvgIpc) is 2.52. The van der Waals surface area contributed by atoms with Gasteiger partial charge in [-0.3, -0.25) is 4.68 Å². The minimum absolute atomic E-state index is 0.379. The minimum Gasteiger partial charge on any atom is -0.378 e. The van der Waals surface area contributed by atoms with E-state index in [4.69, 9.17) is 27.9 Å². The normalized spacial score (nSPS) is 10.9. The molecule has 0 fully saturated rings. The van der Waals surface area contributed by atoms with Crippen LogP contribution in [0.1, 0.15) is 31.0 Å². The van der Waals surface area contributed by atoms with Crippen molar-refractivity contribution >= 4 is 23.2 Å². The average molecular weight is 251 g/mol. The van der Waals surface area contributed by atoms with Gasteiger partial charge in [0, 0.05) is 19.2 Å². The fourth-order valence-electron chi connectivity index (χ4n) is 1.37. The van der Waals surface area contributed by atoms with E-state index in [9.17, 15) is 0 Å². The molecule has 0 radical (unpaired) electrons. The molecule has 0 aliphatic rings. The molecule has 86 valence electrons. The highest BCUT2D eigenvalue weighted by atomic mass is 35.5. The number of aromatic nitrogens is 2. The van der Waals surface area contributed by atoms with E-state index in [1.54, 1.807) is 11.8 Å². The van der Waals surface area contributed by atoms with Crippen molar-refractivity contribution in [3.8, 4) is 0 Å². The van der Waals surface area contributed by atoms with Crippen LogP contribution in [0.15, 0.2) is 0 Å². The van der Waals surface area contributed by atoms with Crippen LogP contribution in [0.4, 0.5) is 0 Å². The Morgan fingerprint density at radius 3 is 2.73 bits per heavy atom. The van der Waals surface area contributed by atoms with Crippen molar-refractivity contribution in [2.75, 3.05) is 7.11 Å². The fourth-order valence-corrected chi connectivity index (χ4v) is 2.01. The molecule has 1 heterocycles. The summed E-state index contributed by atoms with van der Waals surface area (Å²) in [5, 5.41) is 5.03. The lowest BCUT2D eigenvalue weighted by molar-refractivity contribution is 0.180. The van der Waals surface area contributed by atoms with Gasteiger partial charge in [-0.05, 0) is 6.42 Å². The molecule has 0 spiro atoms. The molecule has 0 saturated heterocycles. The second-order valence-corrected chi connectivity index (χ2v) is 3.98. The van der Waals surface area contributed by atoms with E-state index in [1.165, 1.54) is 0 Å². The third-order valence-corrected chi connectivity index (χ3v) is 2.89. The molecule has 1 aromatic heterocycles. The highest BCUT2D eigenvalue weighted by Crippen LogP contribution is 2.23. The first-order chi connectivity index (χ1) is 7.24. The smallest absolute Gasteiger partial charge is 0.131 e.